The molecule has 0 aromatic rings. The molecule has 0 bridgehead atoms. The van der Waals surface area contributed by atoms with Crippen LogP contribution in [0, 0.1) is 0 Å². The zero-order chi connectivity index (χ0) is 11.0. The highest BCUT2D eigenvalue weighted by Gasteiger charge is 2.07. The normalized spacial score (nSPS) is 9.71. The smallest absolute Gasteiger partial charge is 0.222 e. The lowest BCUT2D eigenvalue weighted by atomic mass is 10.2. The minimum Gasteiger partial charge on any atom is -0.343 e. The summed E-state index contributed by atoms with van der Waals surface area (Å²) in [5.74, 6) is 0.289. The molecule has 0 aromatic heterocycles. The monoisotopic (exact) mass is 197 g/mol. The molecule has 0 saturated heterocycles. The van der Waals surface area contributed by atoms with Crippen molar-refractivity contribution in [2.75, 3.05) is 13.1 Å². The summed E-state index contributed by atoms with van der Waals surface area (Å²) in [5.41, 5.74) is 1.33. The molecule has 0 unspecified atom stereocenters. The Morgan fingerprint density at radius 1 is 1.21 bits per heavy atom. The van der Waals surface area contributed by atoms with Crippen LogP contribution in [0.25, 0.3) is 0 Å². The van der Waals surface area contributed by atoms with Crippen LogP contribution in [0.1, 0.15) is 47.0 Å². The van der Waals surface area contributed by atoms with E-state index in [1.165, 1.54) is 5.57 Å². The standard InChI is InChI=1S/C12H23NO/c1-5-13(6-2)12(14)10-8-7-9-11(3)4/h9H,5-8,10H2,1-4H3. The SMILES string of the molecule is CCN(CC)C(=O)CCCC=C(C)C. The maximum absolute atomic E-state index is 11.6. The molecular formula is C12H23NO. The Kier molecular flexibility index (Phi) is 7.17. The summed E-state index contributed by atoms with van der Waals surface area (Å²) in [5, 5.41) is 0. The molecular weight excluding hydrogens is 174 g/mol. The Balaban J connectivity index is 3.68. The van der Waals surface area contributed by atoms with Crippen LogP contribution in [0.5, 0.6) is 0 Å². The molecule has 82 valence electrons. The lowest BCUT2D eigenvalue weighted by Gasteiger charge is -2.18. The van der Waals surface area contributed by atoms with Crippen LogP contribution in [-0.4, -0.2) is 23.9 Å². The molecule has 0 heterocycles. The average Bonchev–Trinajstić information content (AvgIpc) is 2.14. The molecule has 14 heavy (non-hydrogen) atoms. The molecule has 2 heteroatoms. The predicted molar refractivity (Wildman–Crippen MR) is 61.2 cm³/mol. The van der Waals surface area contributed by atoms with Crippen LogP contribution in [0.4, 0.5) is 0 Å². The lowest BCUT2D eigenvalue weighted by Crippen LogP contribution is -2.30. The molecule has 0 aliphatic heterocycles. The Hall–Kier alpha value is -0.790. The fourth-order valence-corrected chi connectivity index (χ4v) is 1.38. The van der Waals surface area contributed by atoms with E-state index in [2.05, 4.69) is 19.9 Å². The van der Waals surface area contributed by atoms with E-state index in [0.717, 1.165) is 25.9 Å². The minimum absolute atomic E-state index is 0.289. The molecule has 1 amide bonds. The van der Waals surface area contributed by atoms with Gasteiger partial charge in [0.05, 0.1) is 0 Å². The number of amides is 1. The fraction of sp³-hybridized carbons (Fsp3) is 0.750. The van der Waals surface area contributed by atoms with E-state index in [9.17, 15) is 4.79 Å². The number of hydrogen-bond donors (Lipinski definition) is 0. The summed E-state index contributed by atoms with van der Waals surface area (Å²) in [6, 6.07) is 0. The van der Waals surface area contributed by atoms with E-state index < -0.39 is 0 Å². The Morgan fingerprint density at radius 3 is 2.21 bits per heavy atom. The first-order chi connectivity index (χ1) is 6.61. The van der Waals surface area contributed by atoms with Gasteiger partial charge in [-0.3, -0.25) is 4.79 Å². The molecule has 0 fully saturated rings. The van der Waals surface area contributed by atoms with Crippen LogP contribution < -0.4 is 0 Å². The first-order valence-electron chi connectivity index (χ1n) is 5.52. The molecule has 0 radical (unpaired) electrons. The highest BCUT2D eigenvalue weighted by Crippen LogP contribution is 2.03. The third-order valence-electron chi connectivity index (χ3n) is 2.26. The van der Waals surface area contributed by atoms with Gasteiger partial charge in [-0.15, -0.1) is 0 Å². The number of rotatable bonds is 6. The molecule has 0 saturated carbocycles. The Labute approximate surface area is 88.0 Å². The van der Waals surface area contributed by atoms with Gasteiger partial charge in [0.25, 0.3) is 0 Å². The maximum atomic E-state index is 11.6. The third kappa shape index (κ3) is 5.79. The van der Waals surface area contributed by atoms with Gasteiger partial charge in [0.15, 0.2) is 0 Å². The summed E-state index contributed by atoms with van der Waals surface area (Å²) >= 11 is 0. The zero-order valence-corrected chi connectivity index (χ0v) is 9.97. The van der Waals surface area contributed by atoms with Crippen molar-refractivity contribution in [1.82, 2.24) is 4.90 Å². The molecule has 0 rings (SSSR count). The van der Waals surface area contributed by atoms with Gasteiger partial charge in [-0.05, 0) is 40.5 Å². The van der Waals surface area contributed by atoms with E-state index in [-0.39, 0.29) is 5.91 Å². The van der Waals surface area contributed by atoms with Crippen molar-refractivity contribution < 1.29 is 4.79 Å². The number of hydrogen-bond acceptors (Lipinski definition) is 1. The summed E-state index contributed by atoms with van der Waals surface area (Å²) in [7, 11) is 0. The molecule has 2 nitrogen and oxygen atoms in total. The van der Waals surface area contributed by atoms with Crippen LogP contribution in [0.15, 0.2) is 11.6 Å². The molecule has 0 spiro atoms. The fourth-order valence-electron chi connectivity index (χ4n) is 1.38. The molecule has 0 aliphatic rings. The number of carbonyl (C=O) groups is 1. The minimum atomic E-state index is 0.289. The van der Waals surface area contributed by atoms with E-state index in [0.29, 0.717) is 6.42 Å². The highest BCUT2D eigenvalue weighted by molar-refractivity contribution is 5.76. The van der Waals surface area contributed by atoms with Crippen molar-refractivity contribution >= 4 is 5.91 Å². The van der Waals surface area contributed by atoms with Crippen molar-refractivity contribution in [1.29, 1.82) is 0 Å². The van der Waals surface area contributed by atoms with Crippen molar-refractivity contribution in [3.8, 4) is 0 Å². The third-order valence-corrected chi connectivity index (χ3v) is 2.26. The van der Waals surface area contributed by atoms with Gasteiger partial charge in [-0.25, -0.2) is 0 Å². The second kappa shape index (κ2) is 7.60. The average molecular weight is 197 g/mol. The van der Waals surface area contributed by atoms with Gasteiger partial charge in [0.2, 0.25) is 5.91 Å². The maximum Gasteiger partial charge on any atom is 0.222 e. The summed E-state index contributed by atoms with van der Waals surface area (Å²) in [4.78, 5) is 13.4. The second-order valence-corrected chi connectivity index (χ2v) is 3.74. The summed E-state index contributed by atoms with van der Waals surface area (Å²) in [6.45, 7) is 9.89. The highest BCUT2D eigenvalue weighted by atomic mass is 16.2. The Bertz CT molecular complexity index is 188. The van der Waals surface area contributed by atoms with Crippen LogP contribution in [-0.2, 0) is 4.79 Å². The van der Waals surface area contributed by atoms with Crippen molar-refractivity contribution in [2.45, 2.75) is 47.0 Å². The summed E-state index contributed by atoms with van der Waals surface area (Å²) in [6.07, 6.45) is 4.87. The van der Waals surface area contributed by atoms with E-state index >= 15 is 0 Å². The van der Waals surface area contributed by atoms with Crippen molar-refractivity contribution in [3.05, 3.63) is 11.6 Å². The van der Waals surface area contributed by atoms with Gasteiger partial charge in [0.1, 0.15) is 0 Å². The number of allylic oxidation sites excluding steroid dienone is 2. The van der Waals surface area contributed by atoms with E-state index in [4.69, 9.17) is 0 Å². The topological polar surface area (TPSA) is 20.3 Å². The summed E-state index contributed by atoms with van der Waals surface area (Å²) < 4.78 is 0. The van der Waals surface area contributed by atoms with Gasteiger partial charge in [-0.2, -0.15) is 0 Å². The van der Waals surface area contributed by atoms with Crippen molar-refractivity contribution in [3.63, 3.8) is 0 Å². The first-order valence-corrected chi connectivity index (χ1v) is 5.52. The predicted octanol–water partition coefficient (Wildman–Crippen LogP) is 2.99. The van der Waals surface area contributed by atoms with Crippen LogP contribution in [0.2, 0.25) is 0 Å². The molecule has 0 aromatic carbocycles. The van der Waals surface area contributed by atoms with Gasteiger partial charge >= 0.3 is 0 Å². The first kappa shape index (κ1) is 13.2. The quantitative estimate of drug-likeness (QED) is 0.473. The number of nitrogens with zero attached hydrogens (tertiary/aromatic N) is 1. The molecule has 0 atom stereocenters. The van der Waals surface area contributed by atoms with E-state index in [1.807, 2.05) is 18.7 Å². The number of carbonyl (C=O) groups excluding carboxylic acids is 1. The zero-order valence-electron chi connectivity index (χ0n) is 9.97. The van der Waals surface area contributed by atoms with Crippen LogP contribution in [0.3, 0.4) is 0 Å². The van der Waals surface area contributed by atoms with Crippen LogP contribution >= 0.6 is 0 Å². The van der Waals surface area contributed by atoms with Crippen molar-refractivity contribution in [2.24, 2.45) is 0 Å². The van der Waals surface area contributed by atoms with E-state index in [1.54, 1.807) is 0 Å². The largest absolute Gasteiger partial charge is 0.343 e. The van der Waals surface area contributed by atoms with Gasteiger partial charge in [-0.1, -0.05) is 11.6 Å². The lowest BCUT2D eigenvalue weighted by molar-refractivity contribution is -0.130. The Morgan fingerprint density at radius 2 is 1.79 bits per heavy atom. The number of unbranched alkanes of at least 4 members (excludes halogenated alkanes) is 1. The molecule has 0 N–H and O–H groups in total. The van der Waals surface area contributed by atoms with Gasteiger partial charge in [0, 0.05) is 19.5 Å². The second-order valence-electron chi connectivity index (χ2n) is 3.74. The van der Waals surface area contributed by atoms with Gasteiger partial charge < -0.3 is 4.90 Å². The molecule has 0 aliphatic carbocycles.